The molecule has 16 heavy (non-hydrogen) atoms. The molecule has 0 saturated heterocycles. The second-order valence-electron chi connectivity index (χ2n) is 3.99. The first-order valence-electron chi connectivity index (χ1n) is 5.21. The molecule has 0 atom stereocenters. The molecule has 0 heterocycles. The minimum atomic E-state index is -3.05. The smallest absolute Gasteiger partial charge is 0.282 e. The second kappa shape index (κ2) is 5.37. The summed E-state index contributed by atoms with van der Waals surface area (Å²) in [6.07, 6.45) is 0. The Bertz CT molecular complexity index is 333. The minimum absolute atomic E-state index is 0.397. The topological polar surface area (TPSA) is 32.3 Å². The van der Waals surface area contributed by atoms with Gasteiger partial charge in [-0.1, -0.05) is 18.2 Å². The Morgan fingerprint density at radius 3 is 2.31 bits per heavy atom. The van der Waals surface area contributed by atoms with Crippen LogP contribution in [0.2, 0.25) is 0 Å². The molecule has 0 aromatic heterocycles. The number of aliphatic hydroxyl groups excluding tert-OH is 1. The molecular weight excluding hydrogens is 212 g/mol. The van der Waals surface area contributed by atoms with Crippen LogP contribution >= 0.6 is 0 Å². The van der Waals surface area contributed by atoms with Crippen molar-refractivity contribution >= 4 is 0 Å². The number of rotatable bonds is 5. The van der Waals surface area contributed by atoms with Gasteiger partial charge in [0.05, 0.1) is 6.54 Å². The molecule has 2 nitrogen and oxygen atoms in total. The molecule has 1 aromatic rings. The van der Waals surface area contributed by atoms with Gasteiger partial charge in [0.15, 0.2) is 0 Å². The highest BCUT2D eigenvalue weighted by Gasteiger charge is 2.26. The summed E-state index contributed by atoms with van der Waals surface area (Å²) >= 11 is 0. The van der Waals surface area contributed by atoms with Gasteiger partial charge < -0.3 is 10.4 Å². The van der Waals surface area contributed by atoms with Gasteiger partial charge in [-0.2, -0.15) is 0 Å². The third-order valence-corrected chi connectivity index (χ3v) is 2.56. The monoisotopic (exact) mass is 229 g/mol. The van der Waals surface area contributed by atoms with Gasteiger partial charge in [-0.3, -0.25) is 0 Å². The molecular formula is C12H17F2NO. The van der Waals surface area contributed by atoms with E-state index in [2.05, 4.69) is 5.32 Å². The zero-order chi connectivity index (χ0) is 12.2. The van der Waals surface area contributed by atoms with Crippen molar-refractivity contribution in [3.05, 3.63) is 34.9 Å². The van der Waals surface area contributed by atoms with Crippen molar-refractivity contribution in [2.24, 2.45) is 0 Å². The first kappa shape index (κ1) is 13.1. The van der Waals surface area contributed by atoms with E-state index >= 15 is 0 Å². The molecule has 0 aliphatic rings. The van der Waals surface area contributed by atoms with Crippen molar-refractivity contribution < 1.29 is 13.9 Å². The summed E-state index contributed by atoms with van der Waals surface area (Å²) in [5.74, 6) is -3.05. The third-order valence-electron chi connectivity index (χ3n) is 2.56. The number of hydrogen-bond acceptors (Lipinski definition) is 2. The van der Waals surface area contributed by atoms with Crippen LogP contribution in [0.15, 0.2) is 18.2 Å². The highest BCUT2D eigenvalue weighted by atomic mass is 19.3. The Morgan fingerprint density at radius 1 is 1.25 bits per heavy atom. The van der Waals surface area contributed by atoms with E-state index < -0.39 is 19.1 Å². The fraction of sp³-hybridized carbons (Fsp3) is 0.500. The van der Waals surface area contributed by atoms with Gasteiger partial charge in [-0.05, 0) is 30.5 Å². The molecule has 0 unspecified atom stereocenters. The minimum Gasteiger partial charge on any atom is -0.390 e. The van der Waals surface area contributed by atoms with E-state index in [1.807, 2.05) is 32.0 Å². The zero-order valence-corrected chi connectivity index (χ0v) is 9.56. The lowest BCUT2D eigenvalue weighted by Gasteiger charge is -2.15. The van der Waals surface area contributed by atoms with Gasteiger partial charge in [0, 0.05) is 6.54 Å². The summed E-state index contributed by atoms with van der Waals surface area (Å²) in [6.45, 7) is 2.68. The molecule has 0 fully saturated rings. The van der Waals surface area contributed by atoms with Gasteiger partial charge in [0.2, 0.25) is 0 Å². The first-order valence-corrected chi connectivity index (χ1v) is 5.21. The maximum atomic E-state index is 12.7. The van der Waals surface area contributed by atoms with E-state index in [9.17, 15) is 8.78 Å². The van der Waals surface area contributed by atoms with Crippen LogP contribution in [0.3, 0.4) is 0 Å². The van der Waals surface area contributed by atoms with Crippen LogP contribution in [0.1, 0.15) is 16.7 Å². The van der Waals surface area contributed by atoms with Crippen molar-refractivity contribution in [3.8, 4) is 0 Å². The summed E-state index contributed by atoms with van der Waals surface area (Å²) in [6, 6.07) is 5.85. The normalized spacial score (nSPS) is 11.8. The summed E-state index contributed by atoms with van der Waals surface area (Å²) in [5.41, 5.74) is 3.20. The Kier molecular flexibility index (Phi) is 4.38. The Morgan fingerprint density at radius 2 is 1.81 bits per heavy atom. The van der Waals surface area contributed by atoms with Crippen molar-refractivity contribution in [1.82, 2.24) is 5.32 Å². The van der Waals surface area contributed by atoms with Crippen molar-refractivity contribution in [2.45, 2.75) is 26.3 Å². The largest absolute Gasteiger partial charge is 0.390 e. The van der Waals surface area contributed by atoms with Gasteiger partial charge >= 0.3 is 0 Å². The van der Waals surface area contributed by atoms with Crippen LogP contribution in [0.5, 0.6) is 0 Å². The lowest BCUT2D eigenvalue weighted by atomic mass is 10.0. The van der Waals surface area contributed by atoms with E-state index in [4.69, 9.17) is 5.11 Å². The predicted molar refractivity (Wildman–Crippen MR) is 59.7 cm³/mol. The van der Waals surface area contributed by atoms with Gasteiger partial charge in [0.25, 0.3) is 5.92 Å². The van der Waals surface area contributed by atoms with Gasteiger partial charge in [0.1, 0.15) is 6.61 Å². The van der Waals surface area contributed by atoms with Crippen molar-refractivity contribution in [3.63, 3.8) is 0 Å². The lowest BCUT2D eigenvalue weighted by Crippen LogP contribution is -2.35. The molecule has 0 saturated carbocycles. The van der Waals surface area contributed by atoms with Crippen LogP contribution in [-0.4, -0.2) is 24.2 Å². The summed E-state index contributed by atoms with van der Waals surface area (Å²) in [5, 5.41) is 11.1. The Balaban J connectivity index is 2.56. The molecule has 2 N–H and O–H groups in total. The highest BCUT2D eigenvalue weighted by molar-refractivity contribution is 5.33. The molecule has 0 aliphatic carbocycles. The molecule has 1 aromatic carbocycles. The summed E-state index contributed by atoms with van der Waals surface area (Å²) in [4.78, 5) is 0. The maximum Gasteiger partial charge on any atom is 0.282 e. The number of hydrogen-bond donors (Lipinski definition) is 2. The maximum absolute atomic E-state index is 12.7. The Hall–Kier alpha value is -1.00. The number of nitrogens with one attached hydrogen (secondary N) is 1. The third kappa shape index (κ3) is 3.54. The lowest BCUT2D eigenvalue weighted by molar-refractivity contribution is -0.0477. The van der Waals surface area contributed by atoms with Crippen LogP contribution in [0, 0.1) is 13.8 Å². The molecule has 0 amide bonds. The second-order valence-corrected chi connectivity index (χ2v) is 3.99. The number of aliphatic hydroxyl groups is 1. The highest BCUT2D eigenvalue weighted by Crippen LogP contribution is 2.14. The molecule has 0 radical (unpaired) electrons. The van der Waals surface area contributed by atoms with E-state index in [1.165, 1.54) is 0 Å². The van der Waals surface area contributed by atoms with Crippen molar-refractivity contribution in [1.29, 1.82) is 0 Å². The molecule has 90 valence electrons. The standard InChI is InChI=1S/C12H17F2NO/c1-9-4-3-5-10(2)11(9)6-15-7-12(13,14)8-16/h3-5,15-16H,6-8H2,1-2H3. The number of alkyl halides is 2. The molecule has 0 bridgehead atoms. The average molecular weight is 229 g/mol. The quantitative estimate of drug-likeness (QED) is 0.809. The zero-order valence-electron chi connectivity index (χ0n) is 9.56. The SMILES string of the molecule is Cc1cccc(C)c1CNCC(F)(F)CO. The van der Waals surface area contributed by atoms with Crippen LogP contribution in [0.4, 0.5) is 8.78 Å². The number of aryl methyl sites for hydroxylation is 2. The summed E-state index contributed by atoms with van der Waals surface area (Å²) in [7, 11) is 0. The number of benzene rings is 1. The predicted octanol–water partition coefficient (Wildman–Crippen LogP) is 2.02. The Labute approximate surface area is 94.3 Å². The van der Waals surface area contributed by atoms with Crippen LogP contribution < -0.4 is 5.32 Å². The van der Waals surface area contributed by atoms with Crippen molar-refractivity contribution in [2.75, 3.05) is 13.2 Å². The molecule has 1 rings (SSSR count). The van der Waals surface area contributed by atoms with E-state index in [1.54, 1.807) is 0 Å². The fourth-order valence-corrected chi connectivity index (χ4v) is 1.55. The summed E-state index contributed by atoms with van der Waals surface area (Å²) < 4.78 is 25.5. The van der Waals surface area contributed by atoms with E-state index in [-0.39, 0.29) is 0 Å². The first-order chi connectivity index (χ1) is 7.46. The van der Waals surface area contributed by atoms with E-state index in [0.717, 1.165) is 16.7 Å². The van der Waals surface area contributed by atoms with Crippen LogP contribution in [0.25, 0.3) is 0 Å². The van der Waals surface area contributed by atoms with Gasteiger partial charge in [-0.25, -0.2) is 8.78 Å². The van der Waals surface area contributed by atoms with Crippen LogP contribution in [-0.2, 0) is 6.54 Å². The molecule has 4 heteroatoms. The molecule has 0 spiro atoms. The van der Waals surface area contributed by atoms with Gasteiger partial charge in [-0.15, -0.1) is 0 Å². The molecule has 0 aliphatic heterocycles. The van der Waals surface area contributed by atoms with E-state index in [0.29, 0.717) is 6.54 Å². The number of halogens is 2. The fourth-order valence-electron chi connectivity index (χ4n) is 1.55. The average Bonchev–Trinajstić information content (AvgIpc) is 2.22.